The first-order valence-electron chi connectivity index (χ1n) is 5.06. The Morgan fingerprint density at radius 2 is 2.31 bits per heavy atom. The van der Waals surface area contributed by atoms with Gasteiger partial charge in [0, 0.05) is 16.5 Å². The third-order valence-electron chi connectivity index (χ3n) is 2.26. The van der Waals surface area contributed by atoms with E-state index in [0.717, 1.165) is 23.3 Å². The maximum Gasteiger partial charge on any atom is 0.173 e. The third kappa shape index (κ3) is 2.40. The largest absolute Gasteiger partial charge is 0.381 e. The number of nitrogens with zero attached hydrogens (tertiary/aromatic N) is 1. The van der Waals surface area contributed by atoms with Crippen LogP contribution in [0.1, 0.15) is 19.4 Å². The van der Waals surface area contributed by atoms with Crippen LogP contribution in [-0.2, 0) is 6.42 Å². The van der Waals surface area contributed by atoms with Gasteiger partial charge in [-0.15, -0.1) is 11.3 Å². The Bertz CT molecular complexity index is 490. The van der Waals surface area contributed by atoms with Crippen LogP contribution in [-0.4, -0.2) is 5.16 Å². The van der Waals surface area contributed by atoms with Gasteiger partial charge in [0.1, 0.15) is 0 Å². The number of anilines is 1. The molecule has 0 spiro atoms. The second-order valence-corrected chi connectivity index (χ2v) is 6.92. The molecular weight excluding hydrogens is 335 g/mol. The molecule has 0 unspecified atom stereocenters. The van der Waals surface area contributed by atoms with Crippen molar-refractivity contribution in [2.24, 2.45) is 5.92 Å². The molecule has 16 heavy (non-hydrogen) atoms. The molecule has 0 amide bonds. The van der Waals surface area contributed by atoms with Crippen molar-refractivity contribution in [2.45, 2.75) is 20.3 Å². The number of thiophene rings is 1. The third-order valence-corrected chi connectivity index (χ3v) is 4.05. The van der Waals surface area contributed by atoms with E-state index in [1.165, 1.54) is 2.88 Å². The normalized spacial score (nSPS) is 11.2. The fourth-order valence-electron chi connectivity index (χ4n) is 1.58. The van der Waals surface area contributed by atoms with Gasteiger partial charge in [0.05, 0.1) is 2.88 Å². The van der Waals surface area contributed by atoms with E-state index >= 15 is 0 Å². The molecule has 2 heterocycles. The summed E-state index contributed by atoms with van der Waals surface area (Å²) in [6.07, 6.45) is 0.900. The predicted octanol–water partition coefficient (Wildman–Crippen LogP) is 3.79. The molecule has 0 saturated heterocycles. The fourth-order valence-corrected chi connectivity index (χ4v) is 2.91. The molecule has 0 atom stereocenters. The Kier molecular flexibility index (Phi) is 3.53. The topological polar surface area (TPSA) is 52.0 Å². The summed E-state index contributed by atoms with van der Waals surface area (Å²) in [6, 6.07) is 2.09. The Morgan fingerprint density at radius 1 is 1.56 bits per heavy atom. The molecule has 86 valence electrons. The van der Waals surface area contributed by atoms with Gasteiger partial charge in [-0.25, -0.2) is 0 Å². The number of nitrogen functional groups attached to an aromatic ring is 1. The summed E-state index contributed by atoms with van der Waals surface area (Å²) in [4.78, 5) is 0. The van der Waals surface area contributed by atoms with E-state index in [0.29, 0.717) is 11.7 Å². The quantitative estimate of drug-likeness (QED) is 0.859. The fraction of sp³-hybridized carbons (Fsp3) is 0.364. The monoisotopic (exact) mass is 348 g/mol. The second-order valence-electron chi connectivity index (χ2n) is 4.11. The van der Waals surface area contributed by atoms with Gasteiger partial charge in [0.2, 0.25) is 0 Å². The molecule has 0 aliphatic rings. The zero-order valence-corrected chi connectivity index (χ0v) is 12.1. The summed E-state index contributed by atoms with van der Waals surface area (Å²) in [5, 5.41) is 5.94. The standard InChI is InChI=1S/C11H13IN2OS/c1-6(2)3-8-10(15-14-11(8)13)7-4-9(12)16-5-7/h4-6H,3H2,1-2H3,(H2,13,14). The van der Waals surface area contributed by atoms with Crippen LogP contribution in [0, 0.1) is 8.80 Å². The Hall–Kier alpha value is -0.560. The van der Waals surface area contributed by atoms with Crippen molar-refractivity contribution < 1.29 is 4.52 Å². The first kappa shape index (κ1) is 11.9. The molecule has 0 aromatic carbocycles. The molecule has 0 fully saturated rings. The summed E-state index contributed by atoms with van der Waals surface area (Å²) in [6.45, 7) is 4.32. The second kappa shape index (κ2) is 4.75. The summed E-state index contributed by atoms with van der Waals surface area (Å²) in [5.41, 5.74) is 7.94. The molecule has 5 heteroatoms. The Labute approximate surface area is 112 Å². The summed E-state index contributed by atoms with van der Waals surface area (Å²) >= 11 is 3.99. The van der Waals surface area contributed by atoms with Crippen LogP contribution in [0.2, 0.25) is 0 Å². The van der Waals surface area contributed by atoms with E-state index in [2.05, 4.69) is 53.0 Å². The minimum atomic E-state index is 0.518. The number of hydrogen-bond acceptors (Lipinski definition) is 4. The summed E-state index contributed by atoms with van der Waals surface area (Å²) in [7, 11) is 0. The van der Waals surface area contributed by atoms with Gasteiger partial charge >= 0.3 is 0 Å². The minimum absolute atomic E-state index is 0.518. The van der Waals surface area contributed by atoms with Gasteiger partial charge in [-0.1, -0.05) is 19.0 Å². The zero-order valence-electron chi connectivity index (χ0n) is 9.16. The summed E-state index contributed by atoms with van der Waals surface area (Å²) in [5.74, 6) is 1.88. The highest BCUT2D eigenvalue weighted by molar-refractivity contribution is 14.1. The van der Waals surface area contributed by atoms with Crippen LogP contribution >= 0.6 is 33.9 Å². The Morgan fingerprint density at radius 3 is 2.88 bits per heavy atom. The maximum absolute atomic E-state index is 5.83. The van der Waals surface area contributed by atoms with Crippen LogP contribution in [0.3, 0.4) is 0 Å². The number of nitrogens with two attached hydrogens (primary N) is 1. The van der Waals surface area contributed by atoms with Gasteiger partial charge in [-0.2, -0.15) is 0 Å². The predicted molar refractivity (Wildman–Crippen MR) is 75.5 cm³/mol. The number of hydrogen-bond donors (Lipinski definition) is 1. The highest BCUT2D eigenvalue weighted by atomic mass is 127. The van der Waals surface area contributed by atoms with Crippen molar-refractivity contribution >= 4 is 39.7 Å². The molecule has 0 aliphatic heterocycles. The van der Waals surface area contributed by atoms with Crippen molar-refractivity contribution in [3.05, 3.63) is 19.9 Å². The average Bonchev–Trinajstić information content (AvgIpc) is 2.75. The highest BCUT2D eigenvalue weighted by Crippen LogP contribution is 2.33. The molecule has 0 saturated carbocycles. The number of halogens is 1. The molecular formula is C11H13IN2OS. The van der Waals surface area contributed by atoms with Gasteiger partial charge in [-0.3, -0.25) is 0 Å². The molecule has 0 radical (unpaired) electrons. The van der Waals surface area contributed by atoms with Crippen molar-refractivity contribution in [1.82, 2.24) is 5.16 Å². The van der Waals surface area contributed by atoms with E-state index in [1.54, 1.807) is 11.3 Å². The lowest BCUT2D eigenvalue weighted by Gasteiger charge is -2.03. The van der Waals surface area contributed by atoms with Crippen LogP contribution in [0.25, 0.3) is 11.3 Å². The molecule has 2 aromatic heterocycles. The van der Waals surface area contributed by atoms with Crippen molar-refractivity contribution in [3.8, 4) is 11.3 Å². The van der Waals surface area contributed by atoms with E-state index in [9.17, 15) is 0 Å². The highest BCUT2D eigenvalue weighted by Gasteiger charge is 2.17. The van der Waals surface area contributed by atoms with Gasteiger partial charge in [0.15, 0.2) is 11.6 Å². The molecule has 2 aromatic rings. The average molecular weight is 348 g/mol. The van der Waals surface area contributed by atoms with Gasteiger partial charge in [0.25, 0.3) is 0 Å². The molecule has 0 bridgehead atoms. The lowest BCUT2D eigenvalue weighted by atomic mass is 10.0. The number of aromatic nitrogens is 1. The van der Waals surface area contributed by atoms with E-state index < -0.39 is 0 Å². The lowest BCUT2D eigenvalue weighted by molar-refractivity contribution is 0.434. The van der Waals surface area contributed by atoms with E-state index in [1.807, 2.05) is 0 Å². The molecule has 2 N–H and O–H groups in total. The van der Waals surface area contributed by atoms with E-state index in [-0.39, 0.29) is 0 Å². The van der Waals surface area contributed by atoms with Gasteiger partial charge in [-0.05, 0) is 41.0 Å². The van der Waals surface area contributed by atoms with Crippen molar-refractivity contribution in [1.29, 1.82) is 0 Å². The summed E-state index contributed by atoms with van der Waals surface area (Å²) < 4.78 is 6.56. The van der Waals surface area contributed by atoms with Crippen LogP contribution < -0.4 is 5.73 Å². The maximum atomic E-state index is 5.83. The number of rotatable bonds is 3. The Balaban J connectivity index is 2.41. The molecule has 0 aliphatic carbocycles. The molecule has 3 nitrogen and oxygen atoms in total. The molecule has 2 rings (SSSR count). The van der Waals surface area contributed by atoms with E-state index in [4.69, 9.17) is 10.3 Å². The van der Waals surface area contributed by atoms with Crippen LogP contribution in [0.5, 0.6) is 0 Å². The minimum Gasteiger partial charge on any atom is -0.381 e. The van der Waals surface area contributed by atoms with Crippen molar-refractivity contribution in [3.63, 3.8) is 0 Å². The first-order chi connectivity index (χ1) is 7.58. The zero-order chi connectivity index (χ0) is 11.7. The smallest absolute Gasteiger partial charge is 0.173 e. The van der Waals surface area contributed by atoms with Crippen molar-refractivity contribution in [2.75, 3.05) is 5.73 Å². The van der Waals surface area contributed by atoms with Crippen LogP contribution in [0.4, 0.5) is 5.82 Å². The SMILES string of the molecule is CC(C)Cc1c(N)noc1-c1csc(I)c1. The van der Waals surface area contributed by atoms with Gasteiger partial charge < -0.3 is 10.3 Å². The lowest BCUT2D eigenvalue weighted by Crippen LogP contribution is -1.98. The van der Waals surface area contributed by atoms with Crippen LogP contribution in [0.15, 0.2) is 16.0 Å². The first-order valence-corrected chi connectivity index (χ1v) is 7.02.